The molecule has 0 spiro atoms. The third-order valence-electron chi connectivity index (χ3n) is 5.97. The quantitative estimate of drug-likeness (QED) is 0.380. The Morgan fingerprint density at radius 2 is 1.70 bits per heavy atom. The topological polar surface area (TPSA) is 46.1 Å². The lowest BCUT2D eigenvalue weighted by Crippen LogP contribution is -2.28. The van der Waals surface area contributed by atoms with Crippen LogP contribution in [0.2, 0.25) is 0 Å². The van der Waals surface area contributed by atoms with Gasteiger partial charge in [-0.1, -0.05) is 42.5 Å². The number of carbonyl (C=O) groups is 1. The molecule has 0 N–H and O–H groups in total. The summed E-state index contributed by atoms with van der Waals surface area (Å²) >= 11 is 1.63. The summed E-state index contributed by atoms with van der Waals surface area (Å²) in [6.07, 6.45) is 1.01. The lowest BCUT2D eigenvalue weighted by Gasteiger charge is -2.17. The van der Waals surface area contributed by atoms with E-state index in [4.69, 9.17) is 9.97 Å². The number of amides is 1. The van der Waals surface area contributed by atoms with E-state index in [-0.39, 0.29) is 5.91 Å². The molecular formula is C25H19N3OS. The molecule has 6 rings (SSSR count). The number of carbonyl (C=O) groups excluding carboxylic acids is 1. The molecular weight excluding hydrogens is 390 g/mol. The van der Waals surface area contributed by atoms with Crippen molar-refractivity contribution < 1.29 is 4.79 Å². The Morgan fingerprint density at radius 1 is 0.933 bits per heavy atom. The smallest absolute Gasteiger partial charge is 0.253 e. The number of para-hydroxylation sites is 2. The van der Waals surface area contributed by atoms with Gasteiger partial charge in [0, 0.05) is 34.7 Å². The van der Waals surface area contributed by atoms with Crippen LogP contribution in [0.1, 0.15) is 28.3 Å². The van der Waals surface area contributed by atoms with Crippen LogP contribution < -0.4 is 0 Å². The van der Waals surface area contributed by atoms with E-state index in [0.29, 0.717) is 5.92 Å². The first kappa shape index (κ1) is 17.5. The van der Waals surface area contributed by atoms with Gasteiger partial charge in [0.2, 0.25) is 0 Å². The summed E-state index contributed by atoms with van der Waals surface area (Å²) in [6, 6.07) is 24.4. The first-order chi connectivity index (χ1) is 14.8. The van der Waals surface area contributed by atoms with Crippen LogP contribution in [-0.4, -0.2) is 33.9 Å². The molecule has 1 saturated heterocycles. The molecule has 2 aromatic heterocycles. The van der Waals surface area contributed by atoms with Crippen LogP contribution in [0.15, 0.2) is 72.8 Å². The summed E-state index contributed by atoms with van der Waals surface area (Å²) in [4.78, 5) is 25.7. The Kier molecular flexibility index (Phi) is 4.03. The molecule has 3 aromatic carbocycles. The van der Waals surface area contributed by atoms with Gasteiger partial charge in [-0.15, -0.1) is 11.3 Å². The van der Waals surface area contributed by atoms with E-state index < -0.39 is 0 Å². The highest BCUT2D eigenvalue weighted by atomic mass is 32.1. The molecule has 1 aliphatic rings. The third-order valence-corrected chi connectivity index (χ3v) is 7.03. The Bertz CT molecular complexity index is 1410. The minimum atomic E-state index is 0.100. The lowest BCUT2D eigenvalue weighted by atomic mass is 9.99. The first-order valence-corrected chi connectivity index (χ1v) is 11.0. The van der Waals surface area contributed by atoms with Crippen molar-refractivity contribution in [2.24, 2.45) is 0 Å². The van der Waals surface area contributed by atoms with Crippen molar-refractivity contribution in [1.29, 1.82) is 0 Å². The summed E-state index contributed by atoms with van der Waals surface area (Å²) in [5.74, 6) is 0.515. The first-order valence-electron chi connectivity index (χ1n) is 10.2. The molecule has 3 heterocycles. The van der Waals surface area contributed by atoms with E-state index in [1.54, 1.807) is 11.3 Å². The second kappa shape index (κ2) is 6.89. The largest absolute Gasteiger partial charge is 0.338 e. The van der Waals surface area contributed by atoms with Crippen molar-refractivity contribution >= 4 is 48.7 Å². The minimum absolute atomic E-state index is 0.100. The Balaban J connectivity index is 1.36. The monoisotopic (exact) mass is 409 g/mol. The summed E-state index contributed by atoms with van der Waals surface area (Å²) < 4.78 is 1.11. The Hall–Kier alpha value is -3.31. The van der Waals surface area contributed by atoms with Gasteiger partial charge in [0.25, 0.3) is 5.91 Å². The number of benzene rings is 3. The van der Waals surface area contributed by atoms with Gasteiger partial charge in [0.15, 0.2) is 0 Å². The van der Waals surface area contributed by atoms with Crippen LogP contribution in [0.25, 0.3) is 31.5 Å². The van der Waals surface area contributed by atoms with Gasteiger partial charge < -0.3 is 4.90 Å². The Labute approximate surface area is 177 Å². The molecule has 5 aromatic rings. The zero-order valence-electron chi connectivity index (χ0n) is 16.3. The fourth-order valence-corrected chi connectivity index (χ4v) is 5.40. The van der Waals surface area contributed by atoms with Crippen LogP contribution in [0.3, 0.4) is 0 Å². The molecule has 5 heteroatoms. The molecule has 30 heavy (non-hydrogen) atoms. The van der Waals surface area contributed by atoms with E-state index in [1.807, 2.05) is 53.4 Å². The lowest BCUT2D eigenvalue weighted by molar-refractivity contribution is 0.0791. The van der Waals surface area contributed by atoms with Gasteiger partial charge in [-0.05, 0) is 42.3 Å². The van der Waals surface area contributed by atoms with E-state index in [2.05, 4.69) is 24.3 Å². The van der Waals surface area contributed by atoms with E-state index in [0.717, 1.165) is 56.5 Å². The number of likely N-dealkylation sites (tertiary alicyclic amines) is 1. The van der Waals surface area contributed by atoms with Gasteiger partial charge in [0.05, 0.1) is 11.0 Å². The maximum Gasteiger partial charge on any atom is 0.253 e. The van der Waals surface area contributed by atoms with Gasteiger partial charge in [-0.3, -0.25) is 4.79 Å². The van der Waals surface area contributed by atoms with Crippen molar-refractivity contribution in [3.8, 4) is 0 Å². The van der Waals surface area contributed by atoms with Gasteiger partial charge in [-0.25, -0.2) is 9.97 Å². The summed E-state index contributed by atoms with van der Waals surface area (Å²) in [7, 11) is 0. The number of rotatable bonds is 2. The third kappa shape index (κ3) is 2.85. The van der Waals surface area contributed by atoms with Crippen molar-refractivity contribution in [3.05, 3.63) is 83.9 Å². The van der Waals surface area contributed by atoms with Gasteiger partial charge >= 0.3 is 0 Å². The zero-order valence-corrected chi connectivity index (χ0v) is 17.1. The van der Waals surface area contributed by atoms with Gasteiger partial charge in [0.1, 0.15) is 10.3 Å². The average molecular weight is 410 g/mol. The molecule has 1 aliphatic heterocycles. The molecule has 4 nitrogen and oxygen atoms in total. The second-order valence-electron chi connectivity index (χ2n) is 7.83. The minimum Gasteiger partial charge on any atom is -0.338 e. The van der Waals surface area contributed by atoms with E-state index in [9.17, 15) is 4.79 Å². The fraction of sp³-hybridized carbons (Fsp3) is 0.160. The average Bonchev–Trinajstić information content (AvgIpc) is 3.42. The van der Waals surface area contributed by atoms with Crippen LogP contribution in [0, 0.1) is 0 Å². The van der Waals surface area contributed by atoms with Crippen molar-refractivity contribution in [2.45, 2.75) is 12.3 Å². The van der Waals surface area contributed by atoms with Crippen LogP contribution in [-0.2, 0) is 0 Å². The van der Waals surface area contributed by atoms with Crippen LogP contribution in [0.4, 0.5) is 0 Å². The number of thiophene rings is 1. The molecule has 1 amide bonds. The van der Waals surface area contributed by atoms with E-state index >= 15 is 0 Å². The highest BCUT2D eigenvalue weighted by molar-refractivity contribution is 7.25. The Morgan fingerprint density at radius 3 is 2.53 bits per heavy atom. The fourth-order valence-electron chi connectivity index (χ4n) is 4.40. The molecule has 146 valence electrons. The van der Waals surface area contributed by atoms with E-state index in [1.165, 1.54) is 5.56 Å². The second-order valence-corrected chi connectivity index (χ2v) is 8.86. The molecule has 1 fully saturated rings. The number of hydrogen-bond donors (Lipinski definition) is 0. The molecule has 0 bridgehead atoms. The molecule has 1 atom stereocenters. The normalized spacial score (nSPS) is 16.7. The van der Waals surface area contributed by atoms with Crippen LogP contribution in [0.5, 0.6) is 0 Å². The van der Waals surface area contributed by atoms with Crippen LogP contribution >= 0.6 is 11.3 Å². The number of aromatic nitrogens is 2. The summed E-state index contributed by atoms with van der Waals surface area (Å²) in [5, 5.41) is 1.01. The highest BCUT2D eigenvalue weighted by Crippen LogP contribution is 2.34. The molecule has 0 aliphatic carbocycles. The highest BCUT2D eigenvalue weighted by Gasteiger charge is 2.28. The van der Waals surface area contributed by atoms with Crippen molar-refractivity contribution in [1.82, 2.24) is 14.9 Å². The zero-order chi connectivity index (χ0) is 20.1. The number of nitrogens with zero attached hydrogens (tertiary/aromatic N) is 3. The van der Waals surface area contributed by atoms with Crippen molar-refractivity contribution in [3.63, 3.8) is 0 Å². The summed E-state index contributed by atoms with van der Waals surface area (Å²) in [6.45, 7) is 1.57. The number of fused-ring (bicyclic) bond motifs is 4. The van der Waals surface area contributed by atoms with Crippen molar-refractivity contribution in [2.75, 3.05) is 13.1 Å². The predicted molar refractivity (Wildman–Crippen MR) is 122 cm³/mol. The molecule has 0 radical (unpaired) electrons. The SMILES string of the molecule is O=C(c1ccc2sc3nc4ccccc4nc3c2c1)N1CC[C@H](c2ccccc2)C1. The standard InChI is InChI=1S/C25H19N3OS/c29-25(28-13-12-18(15-28)16-6-2-1-3-7-16)17-10-11-22-19(14-17)23-24(30-22)27-21-9-5-4-8-20(21)26-23/h1-11,14,18H,12-13,15H2/t18-/m0/s1. The summed E-state index contributed by atoms with van der Waals surface area (Å²) in [5.41, 5.74) is 4.70. The number of hydrogen-bond acceptors (Lipinski definition) is 4. The maximum absolute atomic E-state index is 13.2. The predicted octanol–water partition coefficient (Wildman–Crippen LogP) is 5.63. The molecule has 0 saturated carbocycles. The van der Waals surface area contributed by atoms with Gasteiger partial charge in [-0.2, -0.15) is 0 Å². The molecule has 0 unspecified atom stereocenters. The maximum atomic E-state index is 13.2.